The lowest BCUT2D eigenvalue weighted by Crippen LogP contribution is -2.72. The third kappa shape index (κ3) is 4.73. The van der Waals surface area contributed by atoms with Gasteiger partial charge in [-0.25, -0.2) is 9.97 Å². The van der Waals surface area contributed by atoms with Gasteiger partial charge < -0.3 is 0 Å². The highest BCUT2D eigenvalue weighted by Gasteiger charge is 2.49. The molecule has 8 aromatic carbocycles. The normalized spacial score (nSPS) is 15.4. The molecule has 1 aliphatic heterocycles. The Bertz CT molecular complexity index is 3510. The van der Waals surface area contributed by atoms with Crippen LogP contribution < -0.4 is 20.7 Å². The van der Waals surface area contributed by atoms with E-state index in [1.54, 1.807) is 0 Å². The van der Waals surface area contributed by atoms with Crippen molar-refractivity contribution in [2.75, 3.05) is 0 Å². The number of rotatable bonds is 4. The summed E-state index contributed by atoms with van der Waals surface area (Å²) in [5, 5.41) is 7.99. The molecule has 298 valence electrons. The van der Waals surface area contributed by atoms with Gasteiger partial charge in [0.2, 0.25) is 0 Å². The van der Waals surface area contributed by atoms with Crippen molar-refractivity contribution in [3.8, 4) is 55.9 Å². The van der Waals surface area contributed by atoms with Crippen LogP contribution in [-0.4, -0.2) is 18.0 Å². The van der Waals surface area contributed by atoms with Crippen molar-refractivity contribution in [3.05, 3.63) is 216 Å². The number of fused-ring (bicyclic) bond motifs is 14. The fraction of sp³-hybridized carbons (Fsp3) is 0.100. The number of pyridine rings is 2. The van der Waals surface area contributed by atoms with Crippen LogP contribution >= 0.6 is 0 Å². The van der Waals surface area contributed by atoms with E-state index in [0.29, 0.717) is 0 Å². The highest BCUT2D eigenvalue weighted by Crippen LogP contribution is 2.57. The molecule has 0 spiro atoms. The van der Waals surface area contributed by atoms with Gasteiger partial charge in [-0.1, -0.05) is 216 Å². The van der Waals surface area contributed by atoms with Crippen molar-refractivity contribution < 1.29 is 0 Å². The predicted molar refractivity (Wildman–Crippen MR) is 266 cm³/mol. The molecule has 0 amide bonds. The summed E-state index contributed by atoms with van der Waals surface area (Å²) < 4.78 is 0. The number of nitrogens with zero attached hydrogens (tertiary/aromatic N) is 2. The van der Waals surface area contributed by atoms with Crippen molar-refractivity contribution >= 4 is 50.6 Å². The highest BCUT2D eigenvalue weighted by atomic mass is 28.3. The maximum Gasteiger partial charge on any atom is 0.180 e. The molecule has 0 unspecified atom stereocenters. The van der Waals surface area contributed by atoms with E-state index in [9.17, 15) is 0 Å². The molecule has 2 nitrogen and oxygen atoms in total. The molecule has 2 aliphatic carbocycles. The minimum Gasteiger partial charge on any atom is -0.245 e. The second-order valence-electron chi connectivity index (χ2n) is 18.8. The van der Waals surface area contributed by atoms with Crippen molar-refractivity contribution in [1.29, 1.82) is 0 Å². The Morgan fingerprint density at radius 3 is 1.33 bits per heavy atom. The fourth-order valence-electron chi connectivity index (χ4n) is 12.2. The van der Waals surface area contributed by atoms with E-state index in [2.05, 4.69) is 222 Å². The zero-order chi connectivity index (χ0) is 42.2. The first-order valence-corrected chi connectivity index (χ1v) is 24.3. The smallest absolute Gasteiger partial charge is 0.180 e. The van der Waals surface area contributed by atoms with Gasteiger partial charge in [0.15, 0.2) is 8.07 Å². The maximum atomic E-state index is 5.96. The molecule has 0 saturated carbocycles. The Balaban J connectivity index is 1.15. The van der Waals surface area contributed by atoms with Crippen LogP contribution in [0.1, 0.15) is 49.9 Å². The monoisotopic (exact) mass is 820 g/mol. The van der Waals surface area contributed by atoms with E-state index < -0.39 is 8.07 Å². The summed E-state index contributed by atoms with van der Waals surface area (Å²) in [5.41, 5.74) is 18.7. The van der Waals surface area contributed by atoms with Crippen molar-refractivity contribution in [2.24, 2.45) is 0 Å². The Kier molecular flexibility index (Phi) is 7.47. The molecule has 0 fully saturated rings. The van der Waals surface area contributed by atoms with Gasteiger partial charge in [-0.2, -0.15) is 0 Å². The molecule has 0 radical (unpaired) electrons. The number of benzene rings is 8. The van der Waals surface area contributed by atoms with Gasteiger partial charge in [-0.3, -0.25) is 0 Å². The minimum absolute atomic E-state index is 0.231. The van der Waals surface area contributed by atoms with E-state index in [1.807, 2.05) is 0 Å². The topological polar surface area (TPSA) is 25.8 Å². The van der Waals surface area contributed by atoms with Crippen LogP contribution in [0.2, 0.25) is 0 Å². The second-order valence-corrected chi connectivity index (χ2v) is 22.5. The lowest BCUT2D eigenvalue weighted by molar-refractivity contribution is 0.660. The standard InChI is InChI=1S/C60H44N2Si/c1-59(2)47-29-17-14-27-42(47)51-44-33-34-45-52-43-28-15-18-30-48(43)60(3,4)54(52)56(62-58(45)57(44)61-55(53(51)59)37-20-8-5-9-21-37)38-32-35-50-46(36-38)41-26-16-19-31-49(41)63(50,39-22-10-6-11-23-39)40-24-12-7-13-25-40/h5-36H,1-4H3. The molecule has 0 bridgehead atoms. The first-order valence-electron chi connectivity index (χ1n) is 22.3. The zero-order valence-corrected chi connectivity index (χ0v) is 36.9. The highest BCUT2D eigenvalue weighted by molar-refractivity contribution is 7.22. The molecule has 0 N–H and O–H groups in total. The lowest BCUT2D eigenvalue weighted by Gasteiger charge is -2.31. The van der Waals surface area contributed by atoms with Gasteiger partial charge in [0.05, 0.1) is 22.4 Å². The minimum atomic E-state index is -2.65. The molecule has 0 saturated heterocycles. The van der Waals surface area contributed by atoms with E-state index in [1.165, 1.54) is 76.4 Å². The summed E-state index contributed by atoms with van der Waals surface area (Å²) in [6, 6.07) is 72.5. The van der Waals surface area contributed by atoms with Crippen LogP contribution in [0.4, 0.5) is 0 Å². The summed E-state index contributed by atoms with van der Waals surface area (Å²) in [5.74, 6) is 0. The molecule has 2 aromatic heterocycles. The molecule has 3 aliphatic rings. The number of hydrogen-bond donors (Lipinski definition) is 0. The fourth-order valence-corrected chi connectivity index (χ4v) is 17.4. The average Bonchev–Trinajstić information content (AvgIpc) is 3.87. The molecular formula is C60H44N2Si. The molecule has 10 aromatic rings. The van der Waals surface area contributed by atoms with Gasteiger partial charge in [0.25, 0.3) is 0 Å². The molecule has 0 atom stereocenters. The van der Waals surface area contributed by atoms with Gasteiger partial charge in [-0.05, 0) is 82.4 Å². The van der Waals surface area contributed by atoms with E-state index in [0.717, 1.165) is 44.3 Å². The van der Waals surface area contributed by atoms with Crippen LogP contribution in [0, 0.1) is 0 Å². The first-order chi connectivity index (χ1) is 30.8. The van der Waals surface area contributed by atoms with Crippen molar-refractivity contribution in [3.63, 3.8) is 0 Å². The molecular weight excluding hydrogens is 777 g/mol. The second kappa shape index (κ2) is 12.9. The number of hydrogen-bond acceptors (Lipinski definition) is 2. The van der Waals surface area contributed by atoms with Gasteiger partial charge >= 0.3 is 0 Å². The predicted octanol–water partition coefficient (Wildman–Crippen LogP) is 12.1. The van der Waals surface area contributed by atoms with Crippen molar-refractivity contribution in [2.45, 2.75) is 38.5 Å². The van der Waals surface area contributed by atoms with Crippen LogP contribution in [0.25, 0.3) is 77.7 Å². The Morgan fingerprint density at radius 2 is 0.794 bits per heavy atom. The van der Waals surface area contributed by atoms with E-state index >= 15 is 0 Å². The molecule has 13 rings (SSSR count). The SMILES string of the molecule is CC1(C)c2ccccc2-c2c1c(-c1ccccc1)nc1c2ccc2c3c(c(-c4ccc5c(c4)-c4ccccc4[Si]5(c4ccccc4)c4ccccc4)nc21)C(C)(C)c1ccccc1-3. The quantitative estimate of drug-likeness (QED) is 0.131. The lowest BCUT2D eigenvalue weighted by atomic mass is 9.79. The van der Waals surface area contributed by atoms with Crippen LogP contribution in [0.3, 0.4) is 0 Å². The third-order valence-corrected chi connectivity index (χ3v) is 19.8. The summed E-state index contributed by atoms with van der Waals surface area (Å²) >= 11 is 0. The Hall–Kier alpha value is -7.20. The summed E-state index contributed by atoms with van der Waals surface area (Å²) in [7, 11) is -2.65. The largest absolute Gasteiger partial charge is 0.245 e. The summed E-state index contributed by atoms with van der Waals surface area (Å²) in [6.45, 7) is 9.50. The van der Waals surface area contributed by atoms with E-state index in [4.69, 9.17) is 9.97 Å². The van der Waals surface area contributed by atoms with Crippen molar-refractivity contribution in [1.82, 2.24) is 9.97 Å². The van der Waals surface area contributed by atoms with E-state index in [-0.39, 0.29) is 10.8 Å². The Morgan fingerprint density at radius 1 is 0.365 bits per heavy atom. The Labute approximate surface area is 369 Å². The zero-order valence-electron chi connectivity index (χ0n) is 35.9. The van der Waals surface area contributed by atoms with Gasteiger partial charge in [0.1, 0.15) is 0 Å². The molecule has 63 heavy (non-hydrogen) atoms. The average molecular weight is 821 g/mol. The van der Waals surface area contributed by atoms with Crippen LogP contribution in [0.15, 0.2) is 194 Å². The molecule has 3 heteroatoms. The summed E-state index contributed by atoms with van der Waals surface area (Å²) in [4.78, 5) is 11.8. The summed E-state index contributed by atoms with van der Waals surface area (Å²) in [6.07, 6.45) is 0. The molecule has 3 heterocycles. The first kappa shape index (κ1) is 36.5. The number of aromatic nitrogens is 2. The van der Waals surface area contributed by atoms with Crippen LogP contribution in [0.5, 0.6) is 0 Å². The third-order valence-electron chi connectivity index (χ3n) is 14.9. The van der Waals surface area contributed by atoms with Crippen LogP contribution in [-0.2, 0) is 10.8 Å². The van der Waals surface area contributed by atoms with Gasteiger partial charge in [0, 0.05) is 32.7 Å². The maximum absolute atomic E-state index is 5.96. The van der Waals surface area contributed by atoms with Gasteiger partial charge in [-0.15, -0.1) is 0 Å².